The van der Waals surface area contributed by atoms with E-state index in [2.05, 4.69) is 10.3 Å². The van der Waals surface area contributed by atoms with Gasteiger partial charge in [-0.25, -0.2) is 4.98 Å². The lowest BCUT2D eigenvalue weighted by Crippen LogP contribution is -2.49. The van der Waals surface area contributed by atoms with Gasteiger partial charge in [-0.2, -0.15) is 0 Å². The molecule has 1 spiro atoms. The number of nitrogens with zero attached hydrogens (tertiary/aromatic N) is 1. The van der Waals surface area contributed by atoms with Crippen molar-refractivity contribution in [2.24, 2.45) is 0 Å². The van der Waals surface area contributed by atoms with Gasteiger partial charge in [-0.1, -0.05) is 0 Å². The van der Waals surface area contributed by atoms with Crippen LogP contribution in [0.25, 0.3) is 0 Å². The van der Waals surface area contributed by atoms with E-state index in [1.807, 2.05) is 11.6 Å². The highest BCUT2D eigenvalue weighted by Gasteiger charge is 2.48. The first-order valence-electron chi connectivity index (χ1n) is 5.58. The maximum atomic E-state index is 11.6. The molecule has 2 saturated heterocycles. The maximum absolute atomic E-state index is 11.6. The smallest absolute Gasteiger partial charge is 0.221 e. The average Bonchev–Trinajstić information content (AvgIpc) is 2.88. The fraction of sp³-hybridized carbons (Fsp3) is 0.636. The highest BCUT2D eigenvalue weighted by Crippen LogP contribution is 2.43. The fourth-order valence-corrected chi connectivity index (χ4v) is 3.59. The van der Waals surface area contributed by atoms with Crippen LogP contribution in [0, 0.1) is 0 Å². The Morgan fingerprint density at radius 1 is 1.50 bits per heavy atom. The summed E-state index contributed by atoms with van der Waals surface area (Å²) >= 11 is 1.65. The van der Waals surface area contributed by atoms with E-state index in [1.165, 1.54) is 0 Å². The summed E-state index contributed by atoms with van der Waals surface area (Å²) in [5.74, 6) is 0.394. The van der Waals surface area contributed by atoms with E-state index in [-0.39, 0.29) is 17.4 Å². The van der Waals surface area contributed by atoms with Gasteiger partial charge in [0.05, 0.1) is 10.5 Å². The van der Waals surface area contributed by atoms with Crippen molar-refractivity contribution in [3.63, 3.8) is 0 Å². The number of hydrogen-bond donors (Lipinski definition) is 1. The van der Waals surface area contributed by atoms with E-state index in [0.717, 1.165) is 31.1 Å². The summed E-state index contributed by atoms with van der Waals surface area (Å²) in [5.41, 5.74) is -0.0901. The zero-order valence-corrected chi connectivity index (χ0v) is 9.76. The molecule has 5 heteroatoms. The SMILES string of the molecule is O=C1CC(c2nccs2)C2(CCOCC2)N1. The molecule has 0 radical (unpaired) electrons. The van der Waals surface area contributed by atoms with Crippen LogP contribution < -0.4 is 5.32 Å². The van der Waals surface area contributed by atoms with E-state index in [4.69, 9.17) is 4.74 Å². The van der Waals surface area contributed by atoms with Crippen molar-refractivity contribution in [3.05, 3.63) is 16.6 Å². The van der Waals surface area contributed by atoms with Crippen molar-refractivity contribution in [1.29, 1.82) is 0 Å². The van der Waals surface area contributed by atoms with Crippen molar-refractivity contribution in [1.82, 2.24) is 10.3 Å². The van der Waals surface area contributed by atoms with Crippen LogP contribution in [0.4, 0.5) is 0 Å². The van der Waals surface area contributed by atoms with Crippen molar-refractivity contribution < 1.29 is 9.53 Å². The highest BCUT2D eigenvalue weighted by atomic mass is 32.1. The van der Waals surface area contributed by atoms with Crippen molar-refractivity contribution in [2.45, 2.75) is 30.7 Å². The predicted octanol–water partition coefficient (Wildman–Crippen LogP) is 1.30. The lowest BCUT2D eigenvalue weighted by Gasteiger charge is -2.37. The minimum Gasteiger partial charge on any atom is -0.381 e. The molecule has 2 aliphatic heterocycles. The molecule has 0 aromatic carbocycles. The lowest BCUT2D eigenvalue weighted by molar-refractivity contribution is -0.120. The van der Waals surface area contributed by atoms with Gasteiger partial charge in [0, 0.05) is 37.1 Å². The van der Waals surface area contributed by atoms with E-state index < -0.39 is 0 Å². The predicted molar refractivity (Wildman–Crippen MR) is 60.4 cm³/mol. The van der Waals surface area contributed by atoms with Crippen LogP contribution in [-0.2, 0) is 9.53 Å². The van der Waals surface area contributed by atoms with E-state index in [9.17, 15) is 4.79 Å². The number of amides is 1. The number of carbonyl (C=O) groups excluding carboxylic acids is 1. The first kappa shape index (κ1) is 10.2. The summed E-state index contributed by atoms with van der Waals surface area (Å²) in [6.07, 6.45) is 4.20. The van der Waals surface area contributed by atoms with E-state index in [1.54, 1.807) is 11.3 Å². The molecule has 1 aromatic heterocycles. The molecule has 0 bridgehead atoms. The van der Waals surface area contributed by atoms with Crippen LogP contribution in [0.1, 0.15) is 30.2 Å². The molecule has 3 rings (SSSR count). The standard InChI is InChI=1S/C11H14N2O2S/c14-9-7-8(10-12-3-6-16-10)11(13-9)1-4-15-5-2-11/h3,6,8H,1-2,4-5,7H2,(H,13,14). The van der Waals surface area contributed by atoms with E-state index in [0.29, 0.717) is 6.42 Å². The molecule has 4 nitrogen and oxygen atoms in total. The summed E-state index contributed by atoms with van der Waals surface area (Å²) in [5, 5.41) is 6.22. The maximum Gasteiger partial charge on any atom is 0.221 e. The third-order valence-electron chi connectivity index (χ3n) is 3.58. The summed E-state index contributed by atoms with van der Waals surface area (Å²) < 4.78 is 5.39. The average molecular weight is 238 g/mol. The zero-order valence-electron chi connectivity index (χ0n) is 8.94. The minimum absolute atomic E-state index is 0.0901. The number of rotatable bonds is 1. The minimum atomic E-state index is -0.0901. The van der Waals surface area contributed by atoms with Crippen molar-refractivity contribution in [2.75, 3.05) is 13.2 Å². The molecule has 1 N–H and O–H groups in total. The number of aromatic nitrogens is 1. The number of nitrogens with one attached hydrogen (secondary N) is 1. The van der Waals surface area contributed by atoms with Crippen LogP contribution in [-0.4, -0.2) is 29.6 Å². The number of thiazole rings is 1. The third kappa shape index (κ3) is 1.55. The molecule has 1 atom stereocenters. The molecular weight excluding hydrogens is 224 g/mol. The lowest BCUT2D eigenvalue weighted by atomic mass is 9.79. The van der Waals surface area contributed by atoms with Gasteiger partial charge in [-0.05, 0) is 12.8 Å². The first-order valence-corrected chi connectivity index (χ1v) is 6.46. The van der Waals surface area contributed by atoms with Gasteiger partial charge in [0.1, 0.15) is 0 Å². The molecule has 2 fully saturated rings. The molecule has 3 heterocycles. The molecule has 1 aromatic rings. The van der Waals surface area contributed by atoms with Gasteiger partial charge in [0.15, 0.2) is 0 Å². The molecule has 2 aliphatic rings. The number of hydrogen-bond acceptors (Lipinski definition) is 4. The molecule has 1 unspecified atom stereocenters. The number of carbonyl (C=O) groups is 1. The van der Waals surface area contributed by atoms with Crippen molar-refractivity contribution >= 4 is 17.2 Å². The fourth-order valence-electron chi connectivity index (χ4n) is 2.74. The van der Waals surface area contributed by atoms with Gasteiger partial charge >= 0.3 is 0 Å². The van der Waals surface area contributed by atoms with Crippen LogP contribution in [0.2, 0.25) is 0 Å². The highest BCUT2D eigenvalue weighted by molar-refractivity contribution is 7.09. The summed E-state index contributed by atoms with van der Waals surface area (Å²) in [6.45, 7) is 1.48. The molecule has 0 aliphatic carbocycles. The Morgan fingerprint density at radius 3 is 3.00 bits per heavy atom. The topological polar surface area (TPSA) is 51.2 Å². The Balaban J connectivity index is 1.93. The molecule has 1 amide bonds. The zero-order chi connectivity index (χ0) is 11.0. The second-order valence-electron chi connectivity index (χ2n) is 4.44. The van der Waals surface area contributed by atoms with Gasteiger partial charge in [-0.15, -0.1) is 11.3 Å². The Kier molecular flexibility index (Phi) is 2.44. The Morgan fingerprint density at radius 2 is 2.31 bits per heavy atom. The summed E-state index contributed by atoms with van der Waals surface area (Å²) in [4.78, 5) is 16.0. The summed E-state index contributed by atoms with van der Waals surface area (Å²) in [6, 6.07) is 0. The first-order chi connectivity index (χ1) is 7.80. The largest absolute Gasteiger partial charge is 0.381 e. The Bertz CT molecular complexity index is 385. The third-order valence-corrected chi connectivity index (χ3v) is 4.47. The van der Waals surface area contributed by atoms with Crippen LogP contribution in [0.15, 0.2) is 11.6 Å². The van der Waals surface area contributed by atoms with Gasteiger partial charge in [0.25, 0.3) is 0 Å². The van der Waals surface area contributed by atoms with Crippen LogP contribution >= 0.6 is 11.3 Å². The molecular formula is C11H14N2O2S. The Hall–Kier alpha value is -0.940. The summed E-state index contributed by atoms with van der Waals surface area (Å²) in [7, 11) is 0. The van der Waals surface area contributed by atoms with E-state index >= 15 is 0 Å². The monoisotopic (exact) mass is 238 g/mol. The molecule has 86 valence electrons. The normalized spacial score (nSPS) is 28.2. The van der Waals surface area contributed by atoms with Crippen LogP contribution in [0.3, 0.4) is 0 Å². The van der Waals surface area contributed by atoms with Gasteiger partial charge < -0.3 is 10.1 Å². The van der Waals surface area contributed by atoms with Crippen molar-refractivity contribution in [3.8, 4) is 0 Å². The van der Waals surface area contributed by atoms with Crippen LogP contribution in [0.5, 0.6) is 0 Å². The molecule has 16 heavy (non-hydrogen) atoms. The Labute approximate surface area is 98.0 Å². The second kappa shape index (κ2) is 3.82. The van der Waals surface area contributed by atoms with Gasteiger partial charge in [0.2, 0.25) is 5.91 Å². The molecule has 0 saturated carbocycles. The quantitative estimate of drug-likeness (QED) is 0.802. The van der Waals surface area contributed by atoms with Gasteiger partial charge in [-0.3, -0.25) is 4.79 Å². The second-order valence-corrected chi connectivity index (χ2v) is 5.37. The number of ether oxygens (including phenoxy) is 1.